The van der Waals surface area contributed by atoms with Gasteiger partial charge < -0.3 is 5.32 Å². The number of hydrogen-bond donors (Lipinski definition) is 1. The molecule has 0 spiro atoms. The van der Waals surface area contributed by atoms with Gasteiger partial charge in [0.2, 0.25) is 11.2 Å². The highest BCUT2D eigenvalue weighted by molar-refractivity contribution is 6.28. The van der Waals surface area contributed by atoms with Gasteiger partial charge in [0.05, 0.1) is 0 Å². The van der Waals surface area contributed by atoms with E-state index in [0.717, 1.165) is 13.0 Å². The average molecular weight is 291 g/mol. The Kier molecular flexibility index (Phi) is 3.92. The first-order valence-electron chi connectivity index (χ1n) is 6.64. The topological polar surface area (TPSA) is 68.5 Å². The minimum atomic E-state index is 0.160. The van der Waals surface area contributed by atoms with E-state index in [1.165, 1.54) is 24.8 Å². The molecule has 0 bridgehead atoms. The van der Waals surface area contributed by atoms with Crippen LogP contribution in [0.15, 0.2) is 30.1 Å². The van der Waals surface area contributed by atoms with Gasteiger partial charge in [-0.15, -0.1) is 0 Å². The first-order valence-corrected chi connectivity index (χ1v) is 7.02. The number of rotatable bonds is 5. The number of aromatic nitrogens is 5. The van der Waals surface area contributed by atoms with E-state index in [4.69, 9.17) is 11.6 Å². The zero-order chi connectivity index (χ0) is 13.8. The van der Waals surface area contributed by atoms with Crippen LogP contribution < -0.4 is 5.32 Å². The predicted octanol–water partition coefficient (Wildman–Crippen LogP) is 2.62. The van der Waals surface area contributed by atoms with Crippen molar-refractivity contribution in [1.82, 2.24) is 24.7 Å². The van der Waals surface area contributed by atoms with Gasteiger partial charge in [-0.25, -0.2) is 4.68 Å². The molecule has 1 aliphatic rings. The average Bonchev–Trinajstić information content (AvgIpc) is 3.11. The quantitative estimate of drug-likeness (QED) is 0.857. The van der Waals surface area contributed by atoms with E-state index in [-0.39, 0.29) is 5.28 Å². The Bertz CT molecular complexity index is 607. The van der Waals surface area contributed by atoms with Gasteiger partial charge in [-0.1, -0.05) is 11.6 Å². The molecule has 0 amide bonds. The van der Waals surface area contributed by atoms with Crippen LogP contribution in [0.2, 0.25) is 5.28 Å². The molecule has 3 rings (SSSR count). The lowest BCUT2D eigenvalue weighted by atomic mass is 10.2. The number of hydrogen-bond acceptors (Lipinski definition) is 5. The van der Waals surface area contributed by atoms with Crippen LogP contribution in [-0.2, 0) is 0 Å². The van der Waals surface area contributed by atoms with Gasteiger partial charge >= 0.3 is 0 Å². The van der Waals surface area contributed by atoms with Gasteiger partial charge in [0.1, 0.15) is 0 Å². The fourth-order valence-corrected chi connectivity index (χ4v) is 2.36. The van der Waals surface area contributed by atoms with Crippen LogP contribution in [0.3, 0.4) is 0 Å². The first kappa shape index (κ1) is 13.1. The molecule has 0 saturated carbocycles. The smallest absolute Gasteiger partial charge is 0.256 e. The summed E-state index contributed by atoms with van der Waals surface area (Å²) >= 11 is 5.92. The van der Waals surface area contributed by atoms with Crippen molar-refractivity contribution in [3.63, 3.8) is 0 Å². The van der Waals surface area contributed by atoms with Gasteiger partial charge in [0.25, 0.3) is 5.95 Å². The lowest BCUT2D eigenvalue weighted by Gasteiger charge is -2.07. The number of allylic oxidation sites excluding steroid dienone is 1. The standard InChI is InChI=1S/C13H15ClN6/c14-11-17-12(15-8-6-10-4-1-2-5-10)19-13(18-11)20-9-3-7-16-20/h3-4,7,9H,1-2,5-6,8H2,(H,15,17,18,19). The maximum absolute atomic E-state index is 5.92. The van der Waals surface area contributed by atoms with E-state index in [1.807, 2.05) is 0 Å². The second-order valence-corrected chi connectivity index (χ2v) is 4.95. The molecular weight excluding hydrogens is 276 g/mol. The Balaban J connectivity index is 1.67. The lowest BCUT2D eigenvalue weighted by Crippen LogP contribution is -2.10. The normalized spacial score (nSPS) is 14.3. The summed E-state index contributed by atoms with van der Waals surface area (Å²) in [7, 11) is 0. The van der Waals surface area contributed by atoms with E-state index in [0.29, 0.717) is 11.9 Å². The minimum absolute atomic E-state index is 0.160. The van der Waals surface area contributed by atoms with Crippen molar-refractivity contribution in [2.45, 2.75) is 25.7 Å². The fraction of sp³-hybridized carbons (Fsp3) is 0.385. The Hall–Kier alpha value is -1.95. The Morgan fingerprint density at radius 3 is 3.00 bits per heavy atom. The summed E-state index contributed by atoms with van der Waals surface area (Å²) in [6.07, 6.45) is 10.4. The SMILES string of the molecule is Clc1nc(NCCC2=CCCC2)nc(-n2cccn2)n1. The van der Waals surface area contributed by atoms with Crippen molar-refractivity contribution in [3.8, 4) is 5.95 Å². The number of nitrogens with one attached hydrogen (secondary N) is 1. The van der Waals surface area contributed by atoms with E-state index in [2.05, 4.69) is 31.4 Å². The molecule has 1 aliphatic carbocycles. The van der Waals surface area contributed by atoms with Crippen molar-refractivity contribution < 1.29 is 0 Å². The van der Waals surface area contributed by atoms with Crippen LogP contribution in [0.25, 0.3) is 5.95 Å². The monoisotopic (exact) mass is 290 g/mol. The molecule has 0 unspecified atom stereocenters. The third kappa shape index (κ3) is 3.14. The lowest BCUT2D eigenvalue weighted by molar-refractivity contribution is 0.792. The van der Waals surface area contributed by atoms with Crippen LogP contribution in [-0.4, -0.2) is 31.3 Å². The molecule has 7 heteroatoms. The van der Waals surface area contributed by atoms with Crippen LogP contribution in [0.4, 0.5) is 5.95 Å². The van der Waals surface area contributed by atoms with Gasteiger partial charge in [-0.05, 0) is 43.4 Å². The Morgan fingerprint density at radius 1 is 1.30 bits per heavy atom. The molecule has 0 atom stereocenters. The highest BCUT2D eigenvalue weighted by Crippen LogP contribution is 2.20. The van der Waals surface area contributed by atoms with Crippen LogP contribution >= 0.6 is 11.6 Å². The molecule has 20 heavy (non-hydrogen) atoms. The highest BCUT2D eigenvalue weighted by Gasteiger charge is 2.08. The zero-order valence-electron chi connectivity index (χ0n) is 11.0. The molecule has 104 valence electrons. The van der Waals surface area contributed by atoms with Crippen molar-refractivity contribution in [3.05, 3.63) is 35.4 Å². The highest BCUT2D eigenvalue weighted by atomic mass is 35.5. The molecule has 2 aromatic heterocycles. The number of halogens is 1. The molecular formula is C13H15ClN6. The summed E-state index contributed by atoms with van der Waals surface area (Å²) in [4.78, 5) is 12.4. The van der Waals surface area contributed by atoms with Crippen molar-refractivity contribution in [2.75, 3.05) is 11.9 Å². The molecule has 1 N–H and O–H groups in total. The van der Waals surface area contributed by atoms with Gasteiger partial charge in [0, 0.05) is 18.9 Å². The van der Waals surface area contributed by atoms with Crippen molar-refractivity contribution in [2.24, 2.45) is 0 Å². The molecule has 2 aromatic rings. The number of nitrogens with zero attached hydrogens (tertiary/aromatic N) is 5. The van der Waals surface area contributed by atoms with E-state index < -0.39 is 0 Å². The molecule has 6 nitrogen and oxygen atoms in total. The van der Waals surface area contributed by atoms with Gasteiger partial charge in [-0.2, -0.15) is 20.1 Å². The Morgan fingerprint density at radius 2 is 2.25 bits per heavy atom. The first-order chi connectivity index (χ1) is 9.81. The summed E-state index contributed by atoms with van der Waals surface area (Å²) in [6.45, 7) is 0.796. The largest absolute Gasteiger partial charge is 0.354 e. The summed E-state index contributed by atoms with van der Waals surface area (Å²) < 4.78 is 1.55. The van der Waals surface area contributed by atoms with E-state index in [1.54, 1.807) is 23.1 Å². The molecule has 0 saturated heterocycles. The van der Waals surface area contributed by atoms with Crippen molar-refractivity contribution in [1.29, 1.82) is 0 Å². The summed E-state index contributed by atoms with van der Waals surface area (Å²) in [6, 6.07) is 1.80. The van der Waals surface area contributed by atoms with E-state index in [9.17, 15) is 0 Å². The summed E-state index contributed by atoms with van der Waals surface area (Å²) in [5.74, 6) is 0.895. The molecule has 2 heterocycles. The summed E-state index contributed by atoms with van der Waals surface area (Å²) in [5, 5.41) is 7.43. The third-order valence-electron chi connectivity index (χ3n) is 3.17. The van der Waals surface area contributed by atoms with Gasteiger partial charge in [0.15, 0.2) is 0 Å². The van der Waals surface area contributed by atoms with Crippen LogP contribution in [0, 0.1) is 0 Å². The summed E-state index contributed by atoms with van der Waals surface area (Å²) in [5.41, 5.74) is 1.50. The maximum Gasteiger partial charge on any atom is 0.256 e. The zero-order valence-corrected chi connectivity index (χ0v) is 11.7. The molecule has 0 aliphatic heterocycles. The second-order valence-electron chi connectivity index (χ2n) is 4.61. The van der Waals surface area contributed by atoms with Crippen LogP contribution in [0.5, 0.6) is 0 Å². The van der Waals surface area contributed by atoms with Crippen LogP contribution in [0.1, 0.15) is 25.7 Å². The van der Waals surface area contributed by atoms with Crippen molar-refractivity contribution >= 4 is 17.5 Å². The minimum Gasteiger partial charge on any atom is -0.354 e. The Labute approximate surface area is 121 Å². The molecule has 0 radical (unpaired) electrons. The second kappa shape index (κ2) is 6.00. The molecule has 0 fully saturated rings. The third-order valence-corrected chi connectivity index (χ3v) is 3.34. The number of anilines is 1. The predicted molar refractivity (Wildman–Crippen MR) is 77.0 cm³/mol. The van der Waals surface area contributed by atoms with E-state index >= 15 is 0 Å². The fourth-order valence-electron chi connectivity index (χ4n) is 2.21. The molecule has 0 aromatic carbocycles. The van der Waals surface area contributed by atoms with Gasteiger partial charge in [-0.3, -0.25) is 0 Å². The maximum atomic E-state index is 5.92.